The average molecular weight is 411 g/mol. The Morgan fingerprint density at radius 3 is 2.24 bits per heavy atom. The molecule has 1 amide bonds. The van der Waals surface area contributed by atoms with Gasteiger partial charge in [0.05, 0.1) is 16.2 Å². The minimum atomic E-state index is -4.28. The minimum Gasteiger partial charge on any atom is -0.348 e. The van der Waals surface area contributed by atoms with Crippen LogP contribution in [-0.4, -0.2) is 19.2 Å². The van der Waals surface area contributed by atoms with Crippen LogP contribution in [0.15, 0.2) is 83.8 Å². The molecule has 3 aromatic rings. The zero-order chi connectivity index (χ0) is 20.9. The number of amides is 1. The van der Waals surface area contributed by atoms with Gasteiger partial charge in [0.25, 0.3) is 21.6 Å². The number of nitrogens with one attached hydrogen (secondary N) is 2. The maximum Gasteiger partial charge on any atom is 0.289 e. The molecule has 0 saturated carbocycles. The molecule has 0 unspecified atom stereocenters. The first-order valence-electron chi connectivity index (χ1n) is 8.56. The summed E-state index contributed by atoms with van der Waals surface area (Å²) < 4.78 is 27.8. The van der Waals surface area contributed by atoms with Crippen LogP contribution in [0.1, 0.15) is 15.9 Å². The lowest BCUT2D eigenvalue weighted by Crippen LogP contribution is -2.25. The number of hydrogen-bond donors (Lipinski definition) is 2. The third-order valence-corrected chi connectivity index (χ3v) is 5.48. The number of nitrogens with zero attached hydrogens (tertiary/aromatic N) is 1. The lowest BCUT2D eigenvalue weighted by atomic mass is 10.1. The Kier molecular flexibility index (Phi) is 5.89. The number of hydrogen-bond acceptors (Lipinski definition) is 5. The fourth-order valence-corrected chi connectivity index (χ4v) is 3.93. The number of anilines is 1. The van der Waals surface area contributed by atoms with E-state index in [1.807, 2.05) is 30.3 Å². The zero-order valence-electron chi connectivity index (χ0n) is 15.1. The summed E-state index contributed by atoms with van der Waals surface area (Å²) in [5.41, 5.74) is 0.464. The van der Waals surface area contributed by atoms with E-state index in [1.54, 1.807) is 12.1 Å². The van der Waals surface area contributed by atoms with E-state index < -0.39 is 31.4 Å². The van der Waals surface area contributed by atoms with E-state index in [9.17, 15) is 23.3 Å². The fraction of sp³-hybridized carbons (Fsp3) is 0.0500. The van der Waals surface area contributed by atoms with Gasteiger partial charge in [0.1, 0.15) is 0 Å². The zero-order valence-corrected chi connectivity index (χ0v) is 15.9. The number of carbonyl (C=O) groups is 1. The Bertz CT molecular complexity index is 1150. The summed E-state index contributed by atoms with van der Waals surface area (Å²) in [4.78, 5) is 22.5. The molecule has 9 heteroatoms. The number of nitro benzene ring substituents is 1. The molecule has 0 atom stereocenters. The molecule has 0 fully saturated rings. The van der Waals surface area contributed by atoms with Crippen LogP contribution in [0.2, 0.25) is 0 Å². The molecule has 8 nitrogen and oxygen atoms in total. The topological polar surface area (TPSA) is 118 Å². The van der Waals surface area contributed by atoms with E-state index in [-0.39, 0.29) is 17.8 Å². The van der Waals surface area contributed by atoms with Gasteiger partial charge in [0.2, 0.25) is 0 Å². The van der Waals surface area contributed by atoms with Crippen molar-refractivity contribution in [2.75, 3.05) is 4.72 Å². The number of carbonyl (C=O) groups excluding carboxylic acids is 1. The summed E-state index contributed by atoms with van der Waals surface area (Å²) in [6.07, 6.45) is 0. The molecule has 0 heterocycles. The van der Waals surface area contributed by atoms with Crippen molar-refractivity contribution in [1.29, 1.82) is 0 Å². The van der Waals surface area contributed by atoms with Crippen LogP contribution in [0.25, 0.3) is 0 Å². The SMILES string of the molecule is O=C(NCc1ccccc1)c1ccccc1NS(=O)(=O)c1ccccc1[N+](=O)[O-]. The minimum absolute atomic E-state index is 0.0243. The predicted octanol–water partition coefficient (Wildman–Crippen LogP) is 3.33. The maximum absolute atomic E-state index is 12.7. The van der Waals surface area contributed by atoms with E-state index in [4.69, 9.17) is 0 Å². The standard InChI is InChI=1S/C20H17N3O5S/c24-20(21-14-15-8-2-1-3-9-15)16-10-4-5-11-17(16)22-29(27,28)19-13-7-6-12-18(19)23(25)26/h1-13,22H,14H2,(H,21,24). The fourth-order valence-electron chi connectivity index (χ4n) is 2.68. The molecule has 0 saturated heterocycles. The Hall–Kier alpha value is -3.72. The molecule has 0 aliphatic heterocycles. The van der Waals surface area contributed by atoms with Gasteiger partial charge in [-0.2, -0.15) is 0 Å². The van der Waals surface area contributed by atoms with Crippen molar-refractivity contribution in [1.82, 2.24) is 5.32 Å². The monoisotopic (exact) mass is 411 g/mol. The molecular formula is C20H17N3O5S. The number of nitro groups is 1. The number of para-hydroxylation sites is 2. The largest absolute Gasteiger partial charge is 0.348 e. The first kappa shape index (κ1) is 20.0. The summed E-state index contributed by atoms with van der Waals surface area (Å²) in [6, 6.07) is 20.3. The van der Waals surface area contributed by atoms with Gasteiger partial charge in [-0.3, -0.25) is 19.6 Å². The molecule has 2 N–H and O–H groups in total. The van der Waals surface area contributed by atoms with Gasteiger partial charge in [-0.15, -0.1) is 0 Å². The highest BCUT2D eigenvalue weighted by molar-refractivity contribution is 7.92. The Morgan fingerprint density at radius 2 is 1.52 bits per heavy atom. The first-order chi connectivity index (χ1) is 13.9. The average Bonchev–Trinajstić information content (AvgIpc) is 2.73. The van der Waals surface area contributed by atoms with Crippen molar-refractivity contribution in [3.63, 3.8) is 0 Å². The van der Waals surface area contributed by atoms with E-state index in [1.165, 1.54) is 24.3 Å². The van der Waals surface area contributed by atoms with Crippen LogP contribution in [0.4, 0.5) is 11.4 Å². The summed E-state index contributed by atoms with van der Waals surface area (Å²) in [5, 5.41) is 13.9. The van der Waals surface area contributed by atoms with E-state index in [0.717, 1.165) is 17.7 Å². The smallest absolute Gasteiger partial charge is 0.289 e. The summed E-state index contributed by atoms with van der Waals surface area (Å²) in [6.45, 7) is 0.269. The van der Waals surface area contributed by atoms with Crippen LogP contribution in [0.3, 0.4) is 0 Å². The Morgan fingerprint density at radius 1 is 0.897 bits per heavy atom. The second-order valence-corrected chi connectivity index (χ2v) is 7.70. The van der Waals surface area contributed by atoms with Crippen LogP contribution < -0.4 is 10.0 Å². The lowest BCUT2D eigenvalue weighted by Gasteiger charge is -2.13. The van der Waals surface area contributed by atoms with Gasteiger partial charge in [-0.05, 0) is 23.8 Å². The molecule has 3 aromatic carbocycles. The van der Waals surface area contributed by atoms with Crippen molar-refractivity contribution in [2.24, 2.45) is 0 Å². The van der Waals surface area contributed by atoms with Gasteiger partial charge < -0.3 is 5.32 Å². The molecular weight excluding hydrogens is 394 g/mol. The van der Waals surface area contributed by atoms with Crippen LogP contribution in [0, 0.1) is 10.1 Å². The molecule has 0 radical (unpaired) electrons. The second kappa shape index (κ2) is 8.53. The van der Waals surface area contributed by atoms with Crippen LogP contribution >= 0.6 is 0 Å². The van der Waals surface area contributed by atoms with Gasteiger partial charge in [-0.1, -0.05) is 54.6 Å². The number of rotatable bonds is 7. The molecule has 0 bridgehead atoms. The molecule has 29 heavy (non-hydrogen) atoms. The third-order valence-electron chi connectivity index (χ3n) is 4.06. The van der Waals surface area contributed by atoms with Gasteiger partial charge in [0, 0.05) is 12.6 Å². The predicted molar refractivity (Wildman–Crippen MR) is 108 cm³/mol. The second-order valence-electron chi connectivity index (χ2n) is 6.04. The molecule has 148 valence electrons. The van der Waals surface area contributed by atoms with Crippen molar-refractivity contribution >= 4 is 27.3 Å². The first-order valence-corrected chi connectivity index (χ1v) is 10.0. The van der Waals surface area contributed by atoms with Gasteiger partial charge in [0.15, 0.2) is 4.90 Å². The normalized spacial score (nSPS) is 10.9. The van der Waals surface area contributed by atoms with E-state index >= 15 is 0 Å². The quantitative estimate of drug-likeness (QED) is 0.457. The highest BCUT2D eigenvalue weighted by Crippen LogP contribution is 2.26. The number of benzene rings is 3. The van der Waals surface area contributed by atoms with E-state index in [0.29, 0.717) is 0 Å². The Labute approximate surface area is 167 Å². The highest BCUT2D eigenvalue weighted by atomic mass is 32.2. The Balaban J connectivity index is 1.85. The van der Waals surface area contributed by atoms with Crippen molar-refractivity contribution in [3.8, 4) is 0 Å². The molecule has 3 rings (SSSR count). The van der Waals surface area contributed by atoms with Crippen LogP contribution in [0.5, 0.6) is 0 Å². The molecule has 0 spiro atoms. The highest BCUT2D eigenvalue weighted by Gasteiger charge is 2.26. The maximum atomic E-state index is 12.7. The van der Waals surface area contributed by atoms with Gasteiger partial charge >= 0.3 is 0 Å². The van der Waals surface area contributed by atoms with Crippen LogP contribution in [-0.2, 0) is 16.6 Å². The third kappa shape index (κ3) is 4.77. The summed E-state index contributed by atoms with van der Waals surface area (Å²) in [7, 11) is -4.28. The lowest BCUT2D eigenvalue weighted by molar-refractivity contribution is -0.387. The van der Waals surface area contributed by atoms with Crippen molar-refractivity contribution in [2.45, 2.75) is 11.4 Å². The molecule has 0 aliphatic rings. The molecule has 0 aliphatic carbocycles. The molecule has 0 aromatic heterocycles. The number of sulfonamides is 1. The van der Waals surface area contributed by atoms with Crippen molar-refractivity contribution < 1.29 is 18.1 Å². The summed E-state index contributed by atoms with van der Waals surface area (Å²) in [5.74, 6) is -0.477. The van der Waals surface area contributed by atoms with Crippen molar-refractivity contribution in [3.05, 3.63) is 100 Å². The summed E-state index contributed by atoms with van der Waals surface area (Å²) >= 11 is 0. The van der Waals surface area contributed by atoms with E-state index in [2.05, 4.69) is 10.0 Å². The van der Waals surface area contributed by atoms with Gasteiger partial charge in [-0.25, -0.2) is 8.42 Å².